The van der Waals surface area contributed by atoms with E-state index in [0.29, 0.717) is 26.3 Å². The fourth-order valence-corrected chi connectivity index (χ4v) is 6.07. The van der Waals surface area contributed by atoms with Gasteiger partial charge in [0.2, 0.25) is 5.91 Å². The van der Waals surface area contributed by atoms with Crippen LogP contribution in [0.1, 0.15) is 37.1 Å². The largest absolute Gasteiger partial charge is 0.378 e. The second-order valence-corrected chi connectivity index (χ2v) is 10.1. The summed E-state index contributed by atoms with van der Waals surface area (Å²) in [7, 11) is 2.00. The molecule has 1 aliphatic carbocycles. The van der Waals surface area contributed by atoms with E-state index in [1.807, 2.05) is 34.8 Å². The van der Waals surface area contributed by atoms with Crippen molar-refractivity contribution in [3.63, 3.8) is 0 Å². The van der Waals surface area contributed by atoms with E-state index < -0.39 is 0 Å². The molecule has 4 rings (SSSR count). The van der Waals surface area contributed by atoms with Gasteiger partial charge in [-0.25, -0.2) is 0 Å². The number of aryl methyl sites for hydroxylation is 1. The van der Waals surface area contributed by atoms with Gasteiger partial charge in [-0.1, -0.05) is 25.1 Å². The van der Waals surface area contributed by atoms with Crippen LogP contribution in [0.2, 0.25) is 0 Å². The van der Waals surface area contributed by atoms with E-state index in [4.69, 9.17) is 4.74 Å². The van der Waals surface area contributed by atoms with Gasteiger partial charge in [0.05, 0.1) is 23.3 Å². The SMILES string of the molecule is CCC1CCc2sc(-c3nnc(SC(C)C(=O)N4CCOCC4)n3C)cc2C1. The predicted octanol–water partition coefficient (Wildman–Crippen LogP) is 3.40. The Labute approximate surface area is 174 Å². The first-order valence-corrected chi connectivity index (χ1v) is 11.8. The molecular weight excluding hydrogens is 392 g/mol. The van der Waals surface area contributed by atoms with Gasteiger partial charge in [0, 0.05) is 25.0 Å². The number of thiophene rings is 1. The van der Waals surface area contributed by atoms with Crippen LogP contribution in [0.3, 0.4) is 0 Å². The molecule has 3 heterocycles. The van der Waals surface area contributed by atoms with E-state index in [0.717, 1.165) is 16.9 Å². The van der Waals surface area contributed by atoms with Crippen molar-refractivity contribution in [2.75, 3.05) is 26.3 Å². The Morgan fingerprint density at radius 1 is 1.39 bits per heavy atom. The van der Waals surface area contributed by atoms with E-state index in [1.54, 1.807) is 0 Å². The summed E-state index contributed by atoms with van der Waals surface area (Å²) in [6, 6.07) is 2.31. The van der Waals surface area contributed by atoms with Crippen molar-refractivity contribution in [2.45, 2.75) is 49.9 Å². The van der Waals surface area contributed by atoms with Gasteiger partial charge in [0.1, 0.15) is 0 Å². The minimum atomic E-state index is -0.185. The smallest absolute Gasteiger partial charge is 0.236 e. The second kappa shape index (κ2) is 8.55. The van der Waals surface area contributed by atoms with Crippen LogP contribution < -0.4 is 0 Å². The summed E-state index contributed by atoms with van der Waals surface area (Å²) in [6.07, 6.45) is 4.92. The molecule has 0 aromatic carbocycles. The van der Waals surface area contributed by atoms with Crippen LogP contribution in [0.25, 0.3) is 10.7 Å². The summed E-state index contributed by atoms with van der Waals surface area (Å²) < 4.78 is 7.37. The molecule has 6 nitrogen and oxygen atoms in total. The van der Waals surface area contributed by atoms with Gasteiger partial charge in [-0.05, 0) is 43.7 Å². The number of fused-ring (bicyclic) bond motifs is 1. The van der Waals surface area contributed by atoms with Crippen molar-refractivity contribution < 1.29 is 9.53 Å². The molecule has 0 N–H and O–H groups in total. The highest BCUT2D eigenvalue weighted by molar-refractivity contribution is 8.00. The Bertz CT molecular complexity index is 841. The molecule has 1 aliphatic heterocycles. The third-order valence-corrected chi connectivity index (χ3v) is 8.12. The van der Waals surface area contributed by atoms with Gasteiger partial charge in [0.25, 0.3) is 0 Å². The standard InChI is InChI=1S/C20H28N4O2S2/c1-4-14-5-6-16-15(11-14)12-17(28-16)18-21-22-20(23(18)3)27-13(2)19(25)24-7-9-26-10-8-24/h12-14H,4-11H2,1-3H3. The van der Waals surface area contributed by atoms with Crippen LogP contribution in [0.4, 0.5) is 0 Å². The minimum Gasteiger partial charge on any atom is -0.378 e. The van der Waals surface area contributed by atoms with Crippen molar-refractivity contribution in [1.82, 2.24) is 19.7 Å². The molecule has 0 saturated carbocycles. The first-order chi connectivity index (χ1) is 13.6. The summed E-state index contributed by atoms with van der Waals surface area (Å²) in [5, 5.41) is 9.44. The van der Waals surface area contributed by atoms with Crippen LogP contribution in [-0.4, -0.2) is 57.1 Å². The second-order valence-electron chi connectivity index (χ2n) is 7.64. The molecule has 2 aliphatic rings. The molecule has 2 unspecified atom stereocenters. The minimum absolute atomic E-state index is 0.148. The summed E-state index contributed by atoms with van der Waals surface area (Å²) in [4.78, 5) is 17.3. The molecule has 8 heteroatoms. The summed E-state index contributed by atoms with van der Waals surface area (Å²) in [5.41, 5.74) is 1.49. The number of thioether (sulfide) groups is 1. The fourth-order valence-electron chi connectivity index (χ4n) is 3.94. The quantitative estimate of drug-likeness (QED) is 0.694. The van der Waals surface area contributed by atoms with Crippen molar-refractivity contribution in [3.8, 4) is 10.7 Å². The van der Waals surface area contributed by atoms with Crippen LogP contribution in [0.5, 0.6) is 0 Å². The first kappa shape index (κ1) is 19.9. The van der Waals surface area contributed by atoms with Crippen LogP contribution in [0, 0.1) is 5.92 Å². The number of hydrogen-bond acceptors (Lipinski definition) is 6. The Balaban J connectivity index is 1.47. The summed E-state index contributed by atoms with van der Waals surface area (Å²) >= 11 is 3.34. The number of rotatable bonds is 5. The maximum absolute atomic E-state index is 12.7. The van der Waals surface area contributed by atoms with Crippen molar-refractivity contribution in [2.24, 2.45) is 13.0 Å². The lowest BCUT2D eigenvalue weighted by molar-refractivity contribution is -0.134. The number of hydrogen-bond donors (Lipinski definition) is 0. The van der Waals surface area contributed by atoms with E-state index in [-0.39, 0.29) is 11.2 Å². The van der Waals surface area contributed by atoms with Gasteiger partial charge in [0.15, 0.2) is 11.0 Å². The normalized spacial score (nSPS) is 20.8. The lowest BCUT2D eigenvalue weighted by atomic mass is 9.87. The average molecular weight is 421 g/mol. The molecule has 0 radical (unpaired) electrons. The van der Waals surface area contributed by atoms with Crippen LogP contribution >= 0.6 is 23.1 Å². The zero-order valence-corrected chi connectivity index (χ0v) is 18.4. The van der Waals surface area contributed by atoms with E-state index in [1.165, 1.54) is 52.8 Å². The number of amides is 1. The van der Waals surface area contributed by atoms with Gasteiger partial charge in [-0.15, -0.1) is 21.5 Å². The number of aromatic nitrogens is 3. The predicted molar refractivity (Wildman–Crippen MR) is 113 cm³/mol. The summed E-state index contributed by atoms with van der Waals surface area (Å²) in [5.74, 6) is 1.86. The molecule has 28 heavy (non-hydrogen) atoms. The molecule has 152 valence electrons. The number of morpholine rings is 1. The molecule has 2 aromatic heterocycles. The monoisotopic (exact) mass is 420 g/mol. The Hall–Kier alpha value is -1.38. The number of ether oxygens (including phenoxy) is 1. The van der Waals surface area contributed by atoms with Gasteiger partial charge >= 0.3 is 0 Å². The zero-order chi connectivity index (χ0) is 19.7. The van der Waals surface area contributed by atoms with Gasteiger partial charge in [-0.2, -0.15) is 0 Å². The molecule has 2 atom stereocenters. The zero-order valence-electron chi connectivity index (χ0n) is 16.8. The number of carbonyl (C=O) groups excluding carboxylic acids is 1. The fraction of sp³-hybridized carbons (Fsp3) is 0.650. The maximum atomic E-state index is 12.7. The number of nitrogens with zero attached hydrogens (tertiary/aromatic N) is 4. The third kappa shape index (κ3) is 4.00. The highest BCUT2D eigenvalue weighted by atomic mass is 32.2. The highest BCUT2D eigenvalue weighted by Crippen LogP contribution is 2.38. The first-order valence-electron chi connectivity index (χ1n) is 10.1. The van der Waals surface area contributed by atoms with E-state index in [2.05, 4.69) is 23.2 Å². The van der Waals surface area contributed by atoms with E-state index in [9.17, 15) is 4.79 Å². The van der Waals surface area contributed by atoms with Crippen molar-refractivity contribution in [3.05, 3.63) is 16.5 Å². The molecule has 0 bridgehead atoms. The average Bonchev–Trinajstić information content (AvgIpc) is 3.30. The lowest BCUT2D eigenvalue weighted by Crippen LogP contribution is -2.44. The summed E-state index contributed by atoms with van der Waals surface area (Å²) in [6.45, 7) is 6.83. The van der Waals surface area contributed by atoms with E-state index >= 15 is 0 Å². The van der Waals surface area contributed by atoms with Crippen molar-refractivity contribution in [1.29, 1.82) is 0 Å². The van der Waals surface area contributed by atoms with Crippen LogP contribution in [0.15, 0.2) is 11.2 Å². The van der Waals surface area contributed by atoms with Gasteiger partial charge in [-0.3, -0.25) is 4.79 Å². The molecule has 1 amide bonds. The maximum Gasteiger partial charge on any atom is 0.236 e. The lowest BCUT2D eigenvalue weighted by Gasteiger charge is -2.28. The Kier molecular flexibility index (Phi) is 6.08. The topological polar surface area (TPSA) is 60.3 Å². The Morgan fingerprint density at radius 2 is 2.18 bits per heavy atom. The third-order valence-electron chi connectivity index (χ3n) is 5.77. The highest BCUT2D eigenvalue weighted by Gasteiger charge is 2.26. The molecule has 0 spiro atoms. The molecular formula is C20H28N4O2S2. The van der Waals surface area contributed by atoms with Gasteiger partial charge < -0.3 is 14.2 Å². The Morgan fingerprint density at radius 3 is 2.93 bits per heavy atom. The number of carbonyl (C=O) groups is 1. The molecule has 1 fully saturated rings. The molecule has 1 saturated heterocycles. The molecule has 2 aromatic rings. The van der Waals surface area contributed by atoms with Crippen molar-refractivity contribution >= 4 is 29.0 Å². The van der Waals surface area contributed by atoms with Crippen LogP contribution in [-0.2, 0) is 29.4 Å².